The summed E-state index contributed by atoms with van der Waals surface area (Å²) in [5.74, 6) is -0.657. The molecule has 0 aliphatic carbocycles. The fourth-order valence-corrected chi connectivity index (χ4v) is 2.82. The Morgan fingerprint density at radius 3 is 2.68 bits per heavy atom. The smallest absolute Gasteiger partial charge is 0.325 e. The Morgan fingerprint density at radius 2 is 2.00 bits per heavy atom. The molecule has 0 unspecified atom stereocenters. The molecular weight excluding hydrogens is 348 g/mol. The summed E-state index contributed by atoms with van der Waals surface area (Å²) in [6.45, 7) is 5.53. The zero-order valence-corrected chi connectivity index (χ0v) is 14.4. The molecular formula is C16H19BrN2O3. The first-order valence-electron chi connectivity index (χ1n) is 7.09. The SMILES string of the molecule is Cc1c(Br)c2ccccc2n1CC(=O)NCC(=O)OC(C)C. The van der Waals surface area contributed by atoms with Crippen LogP contribution in [-0.4, -0.2) is 29.1 Å². The molecule has 1 amide bonds. The molecule has 0 aliphatic rings. The second kappa shape index (κ2) is 6.96. The summed E-state index contributed by atoms with van der Waals surface area (Å²) in [4.78, 5) is 23.5. The molecule has 1 aromatic carbocycles. The quantitative estimate of drug-likeness (QED) is 0.827. The molecule has 0 atom stereocenters. The van der Waals surface area contributed by atoms with Crippen LogP contribution in [-0.2, 0) is 20.9 Å². The number of ether oxygens (including phenoxy) is 1. The molecule has 0 fully saturated rings. The van der Waals surface area contributed by atoms with Crippen LogP contribution in [0.25, 0.3) is 10.9 Å². The topological polar surface area (TPSA) is 60.3 Å². The highest BCUT2D eigenvalue weighted by molar-refractivity contribution is 9.10. The van der Waals surface area contributed by atoms with E-state index in [9.17, 15) is 9.59 Å². The number of amides is 1. The lowest BCUT2D eigenvalue weighted by atomic mass is 10.2. The molecule has 0 saturated heterocycles. The van der Waals surface area contributed by atoms with E-state index in [0.717, 1.165) is 21.1 Å². The maximum atomic E-state index is 12.1. The average molecular weight is 367 g/mol. The molecule has 0 saturated carbocycles. The molecule has 5 nitrogen and oxygen atoms in total. The van der Waals surface area contributed by atoms with Gasteiger partial charge in [-0.25, -0.2) is 0 Å². The van der Waals surface area contributed by atoms with Crippen molar-refractivity contribution >= 4 is 38.7 Å². The number of halogens is 1. The molecule has 118 valence electrons. The van der Waals surface area contributed by atoms with Gasteiger partial charge in [-0.15, -0.1) is 0 Å². The van der Waals surface area contributed by atoms with Crippen molar-refractivity contribution in [2.75, 3.05) is 6.54 Å². The highest BCUT2D eigenvalue weighted by Gasteiger charge is 2.15. The standard InChI is InChI=1S/C16H19BrN2O3/c1-10(2)22-15(21)8-18-14(20)9-19-11(3)16(17)12-6-4-5-7-13(12)19/h4-7,10H,8-9H2,1-3H3,(H,18,20). The Kier molecular flexibility index (Phi) is 5.24. The third-order valence-electron chi connectivity index (χ3n) is 3.25. The molecule has 6 heteroatoms. The summed E-state index contributed by atoms with van der Waals surface area (Å²) in [6.07, 6.45) is -0.184. The lowest BCUT2D eigenvalue weighted by Gasteiger charge is -2.10. The van der Waals surface area contributed by atoms with Crippen LogP contribution in [0.1, 0.15) is 19.5 Å². The van der Waals surface area contributed by atoms with Crippen molar-refractivity contribution in [1.82, 2.24) is 9.88 Å². The highest BCUT2D eigenvalue weighted by atomic mass is 79.9. The van der Waals surface area contributed by atoms with Crippen LogP contribution in [0.3, 0.4) is 0 Å². The first-order valence-corrected chi connectivity index (χ1v) is 7.89. The van der Waals surface area contributed by atoms with Crippen molar-refractivity contribution in [3.05, 3.63) is 34.4 Å². The van der Waals surface area contributed by atoms with Crippen molar-refractivity contribution in [3.8, 4) is 0 Å². The monoisotopic (exact) mass is 366 g/mol. The van der Waals surface area contributed by atoms with Crippen molar-refractivity contribution in [2.45, 2.75) is 33.4 Å². The van der Waals surface area contributed by atoms with Crippen molar-refractivity contribution < 1.29 is 14.3 Å². The fraction of sp³-hybridized carbons (Fsp3) is 0.375. The van der Waals surface area contributed by atoms with Gasteiger partial charge < -0.3 is 14.6 Å². The summed E-state index contributed by atoms with van der Waals surface area (Å²) in [5, 5.41) is 3.65. The molecule has 2 aromatic rings. The largest absolute Gasteiger partial charge is 0.462 e. The predicted octanol–water partition coefficient (Wildman–Crippen LogP) is 2.78. The Hall–Kier alpha value is -1.82. The van der Waals surface area contributed by atoms with Crippen molar-refractivity contribution in [2.24, 2.45) is 0 Å². The summed E-state index contributed by atoms with van der Waals surface area (Å²) in [7, 11) is 0. The number of carbonyl (C=O) groups excluding carboxylic acids is 2. The Bertz CT molecular complexity index is 707. The zero-order valence-electron chi connectivity index (χ0n) is 12.9. The number of rotatable bonds is 5. The molecule has 1 aromatic heterocycles. The van der Waals surface area contributed by atoms with Gasteiger partial charge in [-0.3, -0.25) is 9.59 Å². The number of nitrogens with zero attached hydrogens (tertiary/aromatic N) is 1. The molecule has 1 heterocycles. The van der Waals surface area contributed by atoms with E-state index < -0.39 is 5.97 Å². The Labute approximate surface area is 137 Å². The Morgan fingerprint density at radius 1 is 1.32 bits per heavy atom. The van der Waals surface area contributed by atoms with E-state index in [4.69, 9.17) is 4.74 Å². The molecule has 0 aliphatic heterocycles. The van der Waals surface area contributed by atoms with Gasteiger partial charge in [0.05, 0.1) is 6.10 Å². The predicted molar refractivity (Wildman–Crippen MR) is 88.6 cm³/mol. The van der Waals surface area contributed by atoms with Crippen LogP contribution >= 0.6 is 15.9 Å². The van der Waals surface area contributed by atoms with Gasteiger partial charge in [0.25, 0.3) is 0 Å². The molecule has 2 rings (SSSR count). The van der Waals surface area contributed by atoms with E-state index in [1.54, 1.807) is 13.8 Å². The van der Waals surface area contributed by atoms with Crippen LogP contribution in [0, 0.1) is 6.92 Å². The van der Waals surface area contributed by atoms with Gasteiger partial charge in [0, 0.05) is 21.1 Å². The second-order valence-corrected chi connectivity index (χ2v) is 6.11. The van der Waals surface area contributed by atoms with E-state index in [1.165, 1.54) is 0 Å². The summed E-state index contributed by atoms with van der Waals surface area (Å²) in [6, 6.07) is 7.86. The van der Waals surface area contributed by atoms with Crippen LogP contribution in [0.4, 0.5) is 0 Å². The van der Waals surface area contributed by atoms with Crippen molar-refractivity contribution in [3.63, 3.8) is 0 Å². The minimum Gasteiger partial charge on any atom is -0.462 e. The maximum Gasteiger partial charge on any atom is 0.325 e. The first kappa shape index (κ1) is 16.5. The summed E-state index contributed by atoms with van der Waals surface area (Å²) >= 11 is 3.55. The van der Waals surface area contributed by atoms with Crippen LogP contribution in [0.15, 0.2) is 28.7 Å². The van der Waals surface area contributed by atoms with E-state index in [-0.39, 0.29) is 25.1 Å². The number of benzene rings is 1. The lowest BCUT2D eigenvalue weighted by Crippen LogP contribution is -2.34. The van der Waals surface area contributed by atoms with Gasteiger partial charge in [0.2, 0.25) is 5.91 Å². The second-order valence-electron chi connectivity index (χ2n) is 5.32. The summed E-state index contributed by atoms with van der Waals surface area (Å²) < 4.78 is 7.88. The minimum absolute atomic E-state index is 0.115. The fourth-order valence-electron chi connectivity index (χ4n) is 2.27. The Balaban J connectivity index is 2.06. The van der Waals surface area contributed by atoms with Crippen LogP contribution in [0.2, 0.25) is 0 Å². The van der Waals surface area contributed by atoms with E-state index in [0.29, 0.717) is 0 Å². The summed E-state index contributed by atoms with van der Waals surface area (Å²) in [5.41, 5.74) is 1.95. The van der Waals surface area contributed by atoms with Crippen molar-refractivity contribution in [1.29, 1.82) is 0 Å². The zero-order chi connectivity index (χ0) is 16.3. The van der Waals surface area contributed by atoms with Gasteiger partial charge in [-0.2, -0.15) is 0 Å². The van der Waals surface area contributed by atoms with Crippen LogP contribution < -0.4 is 5.32 Å². The van der Waals surface area contributed by atoms with Gasteiger partial charge in [0.15, 0.2) is 0 Å². The van der Waals surface area contributed by atoms with Gasteiger partial charge in [-0.1, -0.05) is 18.2 Å². The number of hydrogen-bond donors (Lipinski definition) is 1. The van der Waals surface area contributed by atoms with Crippen LogP contribution in [0.5, 0.6) is 0 Å². The normalized spacial score (nSPS) is 11.0. The molecule has 0 spiro atoms. The minimum atomic E-state index is -0.432. The molecule has 0 bridgehead atoms. The number of para-hydroxylation sites is 1. The lowest BCUT2D eigenvalue weighted by molar-refractivity contribution is -0.147. The van der Waals surface area contributed by atoms with Gasteiger partial charge in [-0.05, 0) is 42.8 Å². The number of esters is 1. The van der Waals surface area contributed by atoms with Gasteiger partial charge >= 0.3 is 5.97 Å². The number of carbonyl (C=O) groups is 2. The maximum absolute atomic E-state index is 12.1. The highest BCUT2D eigenvalue weighted by Crippen LogP contribution is 2.30. The third-order valence-corrected chi connectivity index (χ3v) is 4.25. The van der Waals surface area contributed by atoms with E-state index in [2.05, 4.69) is 21.2 Å². The third kappa shape index (κ3) is 3.68. The number of fused-ring (bicyclic) bond motifs is 1. The number of aromatic nitrogens is 1. The number of hydrogen-bond acceptors (Lipinski definition) is 3. The molecule has 22 heavy (non-hydrogen) atoms. The number of nitrogens with one attached hydrogen (secondary N) is 1. The van der Waals surface area contributed by atoms with E-state index in [1.807, 2.05) is 35.8 Å². The van der Waals surface area contributed by atoms with E-state index >= 15 is 0 Å². The average Bonchev–Trinajstić information content (AvgIpc) is 2.70. The molecule has 0 radical (unpaired) electrons. The van der Waals surface area contributed by atoms with Gasteiger partial charge in [0.1, 0.15) is 13.1 Å². The molecule has 1 N–H and O–H groups in total. The first-order chi connectivity index (χ1) is 10.4.